The van der Waals surface area contributed by atoms with Gasteiger partial charge in [0.2, 0.25) is 0 Å². The molecule has 2 aromatic carbocycles. The molecule has 0 bridgehead atoms. The summed E-state index contributed by atoms with van der Waals surface area (Å²) in [5.74, 6) is 1.47. The molecule has 4 nitrogen and oxygen atoms in total. The van der Waals surface area contributed by atoms with Crippen molar-refractivity contribution in [3.8, 4) is 21.9 Å². The molecule has 118 valence electrons. The van der Waals surface area contributed by atoms with E-state index in [1.54, 1.807) is 25.6 Å². The van der Waals surface area contributed by atoms with Crippen LogP contribution in [0.5, 0.6) is 11.5 Å². The largest absolute Gasteiger partial charge is 1.00 e. The number of halogens is 1. The Morgan fingerprint density at radius 3 is 2.57 bits per heavy atom. The fourth-order valence-electron chi connectivity index (χ4n) is 2.58. The highest BCUT2D eigenvalue weighted by atomic mass is 79.9. The maximum absolute atomic E-state index is 5.38. The molecule has 4 rings (SSSR count). The number of thiazole rings is 1. The molecule has 0 spiro atoms. The molecule has 0 N–H and O–H groups in total. The molecule has 0 aliphatic rings. The van der Waals surface area contributed by atoms with E-state index >= 15 is 0 Å². The molecular weight excluding hydrogens is 376 g/mol. The Bertz CT molecular complexity index is 977. The van der Waals surface area contributed by atoms with Gasteiger partial charge in [-0.2, -0.15) is 0 Å². The van der Waals surface area contributed by atoms with Crippen molar-refractivity contribution in [2.24, 2.45) is 0 Å². The van der Waals surface area contributed by atoms with Crippen LogP contribution < -0.4 is 26.5 Å². The van der Waals surface area contributed by atoms with Crippen molar-refractivity contribution in [2.75, 3.05) is 14.2 Å². The molecule has 2 heterocycles. The number of benzene rings is 2. The van der Waals surface area contributed by atoms with Gasteiger partial charge in [-0.1, -0.05) is 23.5 Å². The fourth-order valence-corrected chi connectivity index (χ4v) is 3.58. The Labute approximate surface area is 148 Å². The van der Waals surface area contributed by atoms with Gasteiger partial charge in [0.1, 0.15) is 0 Å². The zero-order valence-electron chi connectivity index (χ0n) is 12.6. The zero-order chi connectivity index (χ0) is 15.1. The summed E-state index contributed by atoms with van der Waals surface area (Å²) in [6.45, 7) is 0. The number of ether oxygens (including phenoxy) is 2. The summed E-state index contributed by atoms with van der Waals surface area (Å²) in [7, 11) is 3.29. The highest BCUT2D eigenvalue weighted by Gasteiger charge is 2.12. The maximum Gasteiger partial charge on any atom is 0.195 e. The fraction of sp³-hybridized carbons (Fsp3) is 0.118. The lowest BCUT2D eigenvalue weighted by atomic mass is 10.2. The van der Waals surface area contributed by atoms with Gasteiger partial charge in [0.25, 0.3) is 0 Å². The van der Waals surface area contributed by atoms with E-state index in [1.165, 1.54) is 0 Å². The molecule has 0 fully saturated rings. The van der Waals surface area contributed by atoms with Crippen molar-refractivity contribution < 1.29 is 26.5 Å². The van der Waals surface area contributed by atoms with Gasteiger partial charge in [0.15, 0.2) is 16.5 Å². The third-order valence-corrected chi connectivity index (χ3v) is 4.71. The van der Waals surface area contributed by atoms with E-state index in [-0.39, 0.29) is 17.0 Å². The number of fused-ring (bicyclic) bond motifs is 3. The van der Waals surface area contributed by atoms with Crippen LogP contribution in [0.15, 0.2) is 48.7 Å². The second-order valence-electron chi connectivity index (χ2n) is 4.92. The Morgan fingerprint density at radius 2 is 1.78 bits per heavy atom. The van der Waals surface area contributed by atoms with Crippen LogP contribution >= 0.6 is 11.3 Å². The molecule has 6 heteroatoms. The lowest BCUT2D eigenvalue weighted by Gasteiger charge is -2.08. The molecule has 0 amide bonds. The van der Waals surface area contributed by atoms with Gasteiger partial charge in [-0.3, -0.25) is 4.40 Å². The standard InChI is InChI=1S/C17H14N2O2S.BrH/c1-20-14-8-7-11(9-15(14)21-2)16-10-19-13-6-4-3-5-12(13)18-17(19)22-16;/h3-10H,1-2H3;1H/p-1. The van der Waals surface area contributed by atoms with Crippen molar-refractivity contribution in [2.45, 2.75) is 0 Å². The predicted octanol–water partition coefficient (Wildman–Crippen LogP) is 1.24. The highest BCUT2D eigenvalue weighted by molar-refractivity contribution is 7.20. The van der Waals surface area contributed by atoms with Crippen molar-refractivity contribution in [3.63, 3.8) is 0 Å². The molecule has 0 saturated heterocycles. The van der Waals surface area contributed by atoms with Gasteiger partial charge >= 0.3 is 0 Å². The Morgan fingerprint density at radius 1 is 1.00 bits per heavy atom. The molecule has 2 aromatic heterocycles. The van der Waals surface area contributed by atoms with Gasteiger partial charge in [-0.15, -0.1) is 0 Å². The van der Waals surface area contributed by atoms with E-state index in [4.69, 9.17) is 9.47 Å². The summed E-state index contributed by atoms with van der Waals surface area (Å²) < 4.78 is 12.8. The number of methoxy groups -OCH3 is 2. The first kappa shape index (κ1) is 15.8. The smallest absolute Gasteiger partial charge is 0.195 e. The number of nitrogens with zero attached hydrogens (tertiary/aromatic N) is 2. The zero-order valence-corrected chi connectivity index (χ0v) is 15.0. The average molecular weight is 390 g/mol. The van der Waals surface area contributed by atoms with E-state index in [0.29, 0.717) is 0 Å². The summed E-state index contributed by atoms with van der Waals surface area (Å²) in [4.78, 5) is 6.80. The number of imidazole rings is 1. The van der Waals surface area contributed by atoms with Crippen molar-refractivity contribution >= 4 is 27.3 Å². The topological polar surface area (TPSA) is 35.8 Å². The molecule has 23 heavy (non-hydrogen) atoms. The number of hydrogen-bond donors (Lipinski definition) is 0. The van der Waals surface area contributed by atoms with Crippen LogP contribution in [-0.2, 0) is 0 Å². The summed E-state index contributed by atoms with van der Waals surface area (Å²) in [5.41, 5.74) is 3.24. The molecule has 0 unspecified atom stereocenters. The van der Waals surface area contributed by atoms with E-state index in [2.05, 4.69) is 21.6 Å². The van der Waals surface area contributed by atoms with Crippen molar-refractivity contribution in [1.29, 1.82) is 0 Å². The van der Waals surface area contributed by atoms with Gasteiger partial charge in [-0.25, -0.2) is 4.98 Å². The lowest BCUT2D eigenvalue weighted by molar-refractivity contribution is -0.00000484. The van der Waals surface area contributed by atoms with Crippen molar-refractivity contribution in [3.05, 3.63) is 48.7 Å². The van der Waals surface area contributed by atoms with Crippen LogP contribution in [0.2, 0.25) is 0 Å². The van der Waals surface area contributed by atoms with E-state index in [0.717, 1.165) is 37.9 Å². The average Bonchev–Trinajstić information content (AvgIpc) is 3.12. The first-order valence-corrected chi connectivity index (χ1v) is 7.71. The molecule has 0 radical (unpaired) electrons. The van der Waals surface area contributed by atoms with Gasteiger partial charge in [-0.05, 0) is 35.9 Å². The van der Waals surface area contributed by atoms with E-state index in [9.17, 15) is 0 Å². The van der Waals surface area contributed by atoms with Gasteiger partial charge < -0.3 is 26.5 Å². The Hall–Kier alpha value is -2.05. The summed E-state index contributed by atoms with van der Waals surface area (Å²) in [6, 6.07) is 14.1. The molecule has 0 saturated carbocycles. The number of hydrogen-bond acceptors (Lipinski definition) is 4. The molecule has 0 aliphatic heterocycles. The van der Waals surface area contributed by atoms with E-state index < -0.39 is 0 Å². The Kier molecular flexibility index (Phi) is 4.28. The van der Waals surface area contributed by atoms with E-state index in [1.807, 2.05) is 36.4 Å². The summed E-state index contributed by atoms with van der Waals surface area (Å²) in [6.07, 6.45) is 2.12. The monoisotopic (exact) mass is 389 g/mol. The van der Waals surface area contributed by atoms with Gasteiger partial charge in [0, 0.05) is 6.20 Å². The third kappa shape index (κ3) is 2.58. The van der Waals surface area contributed by atoms with Crippen LogP contribution in [0.25, 0.3) is 26.4 Å². The second kappa shape index (κ2) is 6.22. The molecule has 0 atom stereocenters. The van der Waals surface area contributed by atoms with Crippen LogP contribution in [0.1, 0.15) is 0 Å². The first-order chi connectivity index (χ1) is 10.8. The van der Waals surface area contributed by atoms with Crippen LogP contribution in [0, 0.1) is 0 Å². The van der Waals surface area contributed by atoms with Gasteiger partial charge in [0.05, 0.1) is 30.1 Å². The second-order valence-corrected chi connectivity index (χ2v) is 5.93. The maximum atomic E-state index is 5.38. The highest BCUT2D eigenvalue weighted by Crippen LogP contribution is 2.36. The van der Waals surface area contributed by atoms with Crippen LogP contribution in [-0.4, -0.2) is 23.6 Å². The lowest BCUT2D eigenvalue weighted by Crippen LogP contribution is -3.00. The number of rotatable bonds is 3. The minimum atomic E-state index is 0. The normalized spacial score (nSPS) is 10.7. The first-order valence-electron chi connectivity index (χ1n) is 6.89. The third-order valence-electron chi connectivity index (χ3n) is 3.68. The minimum Gasteiger partial charge on any atom is -1.00 e. The summed E-state index contributed by atoms with van der Waals surface area (Å²) >= 11 is 1.66. The minimum absolute atomic E-state index is 0. The Balaban J connectivity index is 0.00000156. The molecular formula is C17H14BrN2O2S-. The molecule has 0 aliphatic carbocycles. The van der Waals surface area contributed by atoms with Crippen LogP contribution in [0.4, 0.5) is 0 Å². The quantitative estimate of drug-likeness (QED) is 0.528. The number of aromatic nitrogens is 2. The number of para-hydroxylation sites is 2. The molecule has 4 aromatic rings. The van der Waals surface area contributed by atoms with Crippen molar-refractivity contribution in [1.82, 2.24) is 9.38 Å². The summed E-state index contributed by atoms with van der Waals surface area (Å²) in [5, 5.41) is 0. The predicted molar refractivity (Wildman–Crippen MR) is 89.1 cm³/mol. The van der Waals surface area contributed by atoms with Crippen LogP contribution in [0.3, 0.4) is 0 Å². The SMILES string of the molecule is COc1ccc(-c2cn3c(nc4ccccc43)s2)cc1OC.[Br-].